The van der Waals surface area contributed by atoms with Crippen molar-refractivity contribution in [2.45, 2.75) is 12.0 Å². The maximum Gasteiger partial charge on any atom is 0.248 e. The van der Waals surface area contributed by atoms with Gasteiger partial charge in [-0.05, 0) is 45.8 Å². The number of aromatic nitrogens is 1. The predicted molar refractivity (Wildman–Crippen MR) is 106 cm³/mol. The number of ether oxygens (including phenoxy) is 1. The molecule has 3 heterocycles. The minimum absolute atomic E-state index is 0.0396. The summed E-state index contributed by atoms with van der Waals surface area (Å²) in [5, 5.41) is 13.2. The number of carbonyl (C=O) groups is 1. The van der Waals surface area contributed by atoms with Gasteiger partial charge in [-0.2, -0.15) is 0 Å². The second-order valence-electron chi connectivity index (χ2n) is 6.70. The second kappa shape index (κ2) is 7.32. The van der Waals surface area contributed by atoms with Gasteiger partial charge in [-0.3, -0.25) is 4.79 Å². The molecule has 2 aliphatic heterocycles. The molecule has 4 rings (SSSR count). The van der Waals surface area contributed by atoms with Crippen LogP contribution in [0, 0.1) is 0 Å². The molecule has 1 aromatic heterocycles. The van der Waals surface area contributed by atoms with E-state index < -0.39 is 5.54 Å². The van der Waals surface area contributed by atoms with Crippen molar-refractivity contribution in [1.82, 2.24) is 10.3 Å². The molecule has 1 saturated heterocycles. The number of rotatable bonds is 3. The zero-order valence-electron chi connectivity index (χ0n) is 14.7. The summed E-state index contributed by atoms with van der Waals surface area (Å²) in [5.74, 6) is -0.296. The van der Waals surface area contributed by atoms with Gasteiger partial charge in [-0.15, -0.1) is 0 Å². The first kappa shape index (κ1) is 18.0. The average molecular weight is 430 g/mol. The van der Waals surface area contributed by atoms with Crippen LogP contribution in [-0.4, -0.2) is 42.3 Å². The van der Waals surface area contributed by atoms with Crippen LogP contribution >= 0.6 is 15.9 Å². The van der Waals surface area contributed by atoms with Crippen LogP contribution in [0.4, 0.5) is 5.69 Å². The Balaban J connectivity index is 1.75. The SMILES string of the molecule is O=C1C=C(O)CC(c2ccc(N3CCOCC3)cc2)(c2cccc(Br)n2)N1. The van der Waals surface area contributed by atoms with Crippen molar-refractivity contribution in [2.24, 2.45) is 0 Å². The van der Waals surface area contributed by atoms with Crippen LogP contribution in [-0.2, 0) is 15.1 Å². The van der Waals surface area contributed by atoms with E-state index in [-0.39, 0.29) is 18.1 Å². The summed E-state index contributed by atoms with van der Waals surface area (Å²) >= 11 is 3.40. The first-order valence-corrected chi connectivity index (χ1v) is 9.64. The van der Waals surface area contributed by atoms with E-state index in [1.165, 1.54) is 6.08 Å². The van der Waals surface area contributed by atoms with E-state index in [9.17, 15) is 9.90 Å². The van der Waals surface area contributed by atoms with Crippen LogP contribution in [0.25, 0.3) is 0 Å². The van der Waals surface area contributed by atoms with Gasteiger partial charge in [0, 0.05) is 31.3 Å². The van der Waals surface area contributed by atoms with E-state index >= 15 is 0 Å². The second-order valence-corrected chi connectivity index (χ2v) is 7.51. The quantitative estimate of drug-likeness (QED) is 0.733. The number of aliphatic hydroxyl groups excluding tert-OH is 1. The lowest BCUT2D eigenvalue weighted by atomic mass is 9.80. The highest BCUT2D eigenvalue weighted by Gasteiger charge is 2.41. The molecule has 7 heteroatoms. The highest BCUT2D eigenvalue weighted by atomic mass is 79.9. The number of pyridine rings is 1. The molecule has 2 N–H and O–H groups in total. The van der Waals surface area contributed by atoms with Gasteiger partial charge >= 0.3 is 0 Å². The standard InChI is InChI=1S/C20H20BrN3O3/c21-18-3-1-2-17(22-18)20(13-16(25)12-19(26)23-20)14-4-6-15(7-5-14)24-8-10-27-11-9-24/h1-7,12,25H,8-11,13H2,(H,23,26). The molecule has 1 fully saturated rings. The highest BCUT2D eigenvalue weighted by Crippen LogP contribution is 2.37. The largest absolute Gasteiger partial charge is 0.512 e. The molecular weight excluding hydrogens is 410 g/mol. The van der Waals surface area contributed by atoms with Gasteiger partial charge in [0.05, 0.1) is 18.9 Å². The number of hydrogen-bond donors (Lipinski definition) is 2. The van der Waals surface area contributed by atoms with Gasteiger partial charge < -0.3 is 20.1 Å². The van der Waals surface area contributed by atoms with Crippen LogP contribution in [0.2, 0.25) is 0 Å². The fourth-order valence-electron chi connectivity index (χ4n) is 3.67. The number of nitrogens with zero attached hydrogens (tertiary/aromatic N) is 2. The van der Waals surface area contributed by atoms with E-state index in [4.69, 9.17) is 4.74 Å². The minimum atomic E-state index is -0.913. The topological polar surface area (TPSA) is 74.7 Å². The molecule has 1 amide bonds. The highest BCUT2D eigenvalue weighted by molar-refractivity contribution is 9.10. The smallest absolute Gasteiger partial charge is 0.248 e. The Morgan fingerprint density at radius 2 is 1.89 bits per heavy atom. The molecule has 27 heavy (non-hydrogen) atoms. The van der Waals surface area contributed by atoms with Gasteiger partial charge in [0.15, 0.2) is 0 Å². The van der Waals surface area contributed by atoms with Crippen LogP contribution in [0.1, 0.15) is 17.7 Å². The first-order valence-electron chi connectivity index (χ1n) is 8.85. The minimum Gasteiger partial charge on any atom is -0.512 e. The maximum absolute atomic E-state index is 12.2. The number of halogens is 1. The van der Waals surface area contributed by atoms with Gasteiger partial charge in [0.1, 0.15) is 15.9 Å². The van der Waals surface area contributed by atoms with Crippen LogP contribution < -0.4 is 10.2 Å². The molecule has 0 spiro atoms. The fraction of sp³-hybridized carbons (Fsp3) is 0.300. The van der Waals surface area contributed by atoms with Gasteiger partial charge in [0.25, 0.3) is 0 Å². The van der Waals surface area contributed by atoms with Crippen molar-refractivity contribution in [3.05, 3.63) is 70.2 Å². The lowest BCUT2D eigenvalue weighted by Crippen LogP contribution is -2.49. The number of anilines is 1. The third kappa shape index (κ3) is 3.57. The Kier molecular flexibility index (Phi) is 4.88. The molecule has 0 radical (unpaired) electrons. The van der Waals surface area contributed by atoms with E-state index in [2.05, 4.69) is 31.1 Å². The van der Waals surface area contributed by atoms with Gasteiger partial charge in [-0.1, -0.05) is 18.2 Å². The third-order valence-corrected chi connectivity index (χ3v) is 5.41. The number of aliphatic hydroxyl groups is 1. The number of morpholine rings is 1. The van der Waals surface area contributed by atoms with E-state index in [0.29, 0.717) is 10.3 Å². The molecular formula is C20H20BrN3O3. The Hall–Kier alpha value is -2.38. The van der Waals surface area contributed by atoms with Crippen molar-refractivity contribution in [3.63, 3.8) is 0 Å². The molecule has 0 saturated carbocycles. The molecule has 0 bridgehead atoms. The lowest BCUT2D eigenvalue weighted by Gasteiger charge is -2.37. The average Bonchev–Trinajstić information content (AvgIpc) is 2.68. The molecule has 140 valence electrons. The third-order valence-electron chi connectivity index (χ3n) is 4.97. The summed E-state index contributed by atoms with van der Waals surface area (Å²) < 4.78 is 6.09. The van der Waals surface area contributed by atoms with Crippen LogP contribution in [0.5, 0.6) is 0 Å². The van der Waals surface area contributed by atoms with Crippen LogP contribution in [0.3, 0.4) is 0 Å². The Morgan fingerprint density at radius 1 is 1.15 bits per heavy atom. The monoisotopic (exact) mass is 429 g/mol. The predicted octanol–water partition coefficient (Wildman–Crippen LogP) is 2.89. The van der Waals surface area contributed by atoms with Crippen molar-refractivity contribution in [1.29, 1.82) is 0 Å². The van der Waals surface area contributed by atoms with Crippen molar-refractivity contribution >= 4 is 27.5 Å². The van der Waals surface area contributed by atoms with E-state index in [1.807, 2.05) is 42.5 Å². The van der Waals surface area contributed by atoms with Crippen molar-refractivity contribution < 1.29 is 14.6 Å². The summed E-state index contributed by atoms with van der Waals surface area (Å²) in [6.45, 7) is 3.17. The fourth-order valence-corrected chi connectivity index (χ4v) is 4.01. The Morgan fingerprint density at radius 3 is 2.56 bits per heavy atom. The van der Waals surface area contributed by atoms with E-state index in [0.717, 1.165) is 37.6 Å². The number of benzene rings is 1. The number of carbonyl (C=O) groups excluding carboxylic acids is 1. The number of hydrogen-bond acceptors (Lipinski definition) is 5. The zero-order valence-corrected chi connectivity index (χ0v) is 16.3. The molecule has 6 nitrogen and oxygen atoms in total. The summed E-state index contributed by atoms with van der Waals surface area (Å²) in [6.07, 6.45) is 1.47. The molecule has 2 aromatic rings. The number of amides is 1. The van der Waals surface area contributed by atoms with Crippen molar-refractivity contribution in [3.8, 4) is 0 Å². The molecule has 2 aliphatic rings. The molecule has 1 atom stereocenters. The normalized spacial score (nSPS) is 22.9. The molecule has 0 aliphatic carbocycles. The van der Waals surface area contributed by atoms with E-state index in [1.54, 1.807) is 0 Å². The maximum atomic E-state index is 12.2. The van der Waals surface area contributed by atoms with Crippen LogP contribution in [0.15, 0.2) is 58.9 Å². The summed E-state index contributed by atoms with van der Waals surface area (Å²) in [6, 6.07) is 13.6. The van der Waals surface area contributed by atoms with Crippen molar-refractivity contribution in [2.75, 3.05) is 31.2 Å². The summed E-state index contributed by atoms with van der Waals surface area (Å²) in [5.41, 5.74) is 1.74. The molecule has 1 aromatic carbocycles. The summed E-state index contributed by atoms with van der Waals surface area (Å²) in [7, 11) is 0. The molecule has 1 unspecified atom stereocenters. The lowest BCUT2D eigenvalue weighted by molar-refractivity contribution is -0.119. The zero-order chi connectivity index (χ0) is 18.9. The number of nitrogens with one attached hydrogen (secondary N) is 1. The Labute approximate surface area is 166 Å². The van der Waals surface area contributed by atoms with Gasteiger partial charge in [-0.25, -0.2) is 4.98 Å². The summed E-state index contributed by atoms with van der Waals surface area (Å²) in [4.78, 5) is 19.1. The Bertz CT molecular complexity index is 878. The first-order chi connectivity index (χ1) is 13.1. The van der Waals surface area contributed by atoms with Gasteiger partial charge in [0.2, 0.25) is 5.91 Å².